The standard InChI is InChI=1S/C26H29N9O4/c27-24-28-15-18(16-29-24)21-20-5-6-35(22(20)32-25(31-21)34-9-13-39-14-10-34)26(37)30-19-3-1-17(2-4-19)23(36)33-7-11-38-12-8-33/h1-4,15-16H,5-14H2,(H,30,37)(H2,27,28,29). The summed E-state index contributed by atoms with van der Waals surface area (Å²) in [6, 6.07) is 6.61. The highest BCUT2D eigenvalue weighted by Gasteiger charge is 2.32. The van der Waals surface area contributed by atoms with Crippen LogP contribution in [-0.2, 0) is 15.9 Å². The molecule has 3 aliphatic heterocycles. The van der Waals surface area contributed by atoms with Gasteiger partial charge in [0.1, 0.15) is 5.82 Å². The normalized spacial score (nSPS) is 17.2. The van der Waals surface area contributed by atoms with Crippen LogP contribution in [0.2, 0.25) is 0 Å². The Morgan fingerprint density at radius 1 is 0.872 bits per heavy atom. The van der Waals surface area contributed by atoms with Crippen LogP contribution in [0.1, 0.15) is 15.9 Å². The summed E-state index contributed by atoms with van der Waals surface area (Å²) >= 11 is 0. The lowest BCUT2D eigenvalue weighted by atomic mass is 10.1. The molecule has 202 valence electrons. The van der Waals surface area contributed by atoms with E-state index in [0.717, 1.165) is 5.56 Å². The lowest BCUT2D eigenvalue weighted by molar-refractivity contribution is 0.0303. The van der Waals surface area contributed by atoms with E-state index in [0.29, 0.717) is 99.8 Å². The van der Waals surface area contributed by atoms with Crippen molar-refractivity contribution < 1.29 is 19.1 Å². The molecule has 2 aromatic heterocycles. The molecule has 3 amide bonds. The molecule has 0 spiro atoms. The molecule has 3 aromatic rings. The molecule has 3 aliphatic rings. The van der Waals surface area contributed by atoms with E-state index >= 15 is 0 Å². The highest BCUT2D eigenvalue weighted by molar-refractivity contribution is 6.03. The molecule has 0 saturated carbocycles. The number of fused-ring (bicyclic) bond motifs is 1. The molecule has 0 radical (unpaired) electrons. The van der Waals surface area contributed by atoms with Crippen LogP contribution in [0.3, 0.4) is 0 Å². The van der Waals surface area contributed by atoms with Crippen LogP contribution in [0.15, 0.2) is 36.7 Å². The summed E-state index contributed by atoms with van der Waals surface area (Å²) in [5.41, 5.74) is 9.09. The zero-order chi connectivity index (χ0) is 26.8. The first-order chi connectivity index (χ1) is 19.1. The Kier molecular flexibility index (Phi) is 6.90. The number of carbonyl (C=O) groups excluding carboxylic acids is 2. The maximum atomic E-state index is 13.4. The second kappa shape index (κ2) is 10.8. The van der Waals surface area contributed by atoms with Crippen molar-refractivity contribution >= 4 is 35.3 Å². The van der Waals surface area contributed by atoms with Crippen LogP contribution in [0.25, 0.3) is 11.3 Å². The predicted octanol–water partition coefficient (Wildman–Crippen LogP) is 1.42. The number of amides is 3. The Morgan fingerprint density at radius 2 is 1.54 bits per heavy atom. The first-order valence-corrected chi connectivity index (χ1v) is 12.9. The molecule has 13 heteroatoms. The average molecular weight is 532 g/mol. The number of nitrogens with zero attached hydrogens (tertiary/aromatic N) is 7. The fourth-order valence-electron chi connectivity index (χ4n) is 4.88. The molecule has 2 fully saturated rings. The van der Waals surface area contributed by atoms with Gasteiger partial charge in [-0.05, 0) is 30.7 Å². The number of hydrogen-bond donors (Lipinski definition) is 2. The Balaban J connectivity index is 1.24. The van der Waals surface area contributed by atoms with Gasteiger partial charge in [-0.25, -0.2) is 19.7 Å². The zero-order valence-corrected chi connectivity index (χ0v) is 21.4. The molecule has 5 heterocycles. The molecule has 0 atom stereocenters. The van der Waals surface area contributed by atoms with Crippen molar-refractivity contribution in [3.05, 3.63) is 47.8 Å². The van der Waals surface area contributed by atoms with E-state index in [2.05, 4.69) is 15.3 Å². The fourth-order valence-corrected chi connectivity index (χ4v) is 4.88. The average Bonchev–Trinajstić information content (AvgIpc) is 3.42. The van der Waals surface area contributed by atoms with E-state index in [4.69, 9.17) is 25.2 Å². The number of nitrogens with one attached hydrogen (secondary N) is 1. The molecule has 39 heavy (non-hydrogen) atoms. The number of nitrogen functional groups attached to an aromatic ring is 1. The van der Waals surface area contributed by atoms with E-state index in [1.165, 1.54) is 0 Å². The first-order valence-electron chi connectivity index (χ1n) is 12.9. The van der Waals surface area contributed by atoms with Gasteiger partial charge in [0.2, 0.25) is 11.9 Å². The monoisotopic (exact) mass is 531 g/mol. The second-order valence-electron chi connectivity index (χ2n) is 9.42. The Bertz CT molecular complexity index is 1360. The molecular formula is C26H29N9O4. The minimum absolute atomic E-state index is 0.0452. The SMILES string of the molecule is Nc1ncc(-c2nc(N3CCOCC3)nc3c2CCN3C(=O)Nc2ccc(C(=O)N3CCOCC3)cc2)cn1. The topological polar surface area (TPSA) is 152 Å². The second-order valence-corrected chi connectivity index (χ2v) is 9.42. The molecule has 0 aliphatic carbocycles. The zero-order valence-electron chi connectivity index (χ0n) is 21.4. The summed E-state index contributed by atoms with van der Waals surface area (Å²) < 4.78 is 10.8. The number of carbonyl (C=O) groups is 2. The summed E-state index contributed by atoms with van der Waals surface area (Å²) in [6.07, 6.45) is 3.85. The number of benzene rings is 1. The van der Waals surface area contributed by atoms with Crippen molar-refractivity contribution in [3.63, 3.8) is 0 Å². The molecule has 1 aromatic carbocycles. The predicted molar refractivity (Wildman–Crippen MR) is 144 cm³/mol. The molecule has 13 nitrogen and oxygen atoms in total. The number of hydrogen-bond acceptors (Lipinski definition) is 10. The lowest BCUT2D eigenvalue weighted by Crippen LogP contribution is -2.40. The number of morpholine rings is 2. The maximum Gasteiger partial charge on any atom is 0.327 e. The van der Waals surface area contributed by atoms with Crippen molar-refractivity contribution in [2.45, 2.75) is 6.42 Å². The van der Waals surface area contributed by atoms with Gasteiger partial charge in [-0.2, -0.15) is 4.98 Å². The van der Waals surface area contributed by atoms with Crippen LogP contribution in [0.5, 0.6) is 0 Å². The summed E-state index contributed by atoms with van der Waals surface area (Å²) in [5, 5.41) is 2.94. The Labute approximate surface area is 225 Å². The van der Waals surface area contributed by atoms with Crippen LogP contribution >= 0.6 is 0 Å². The Hall–Kier alpha value is -4.36. The summed E-state index contributed by atoms with van der Waals surface area (Å²) in [4.78, 5) is 49.5. The number of anilines is 4. The van der Waals surface area contributed by atoms with E-state index in [1.807, 2.05) is 4.90 Å². The van der Waals surface area contributed by atoms with Crippen LogP contribution in [0, 0.1) is 0 Å². The number of aromatic nitrogens is 4. The summed E-state index contributed by atoms with van der Waals surface area (Å²) in [6.45, 7) is 5.14. The minimum Gasteiger partial charge on any atom is -0.378 e. The van der Waals surface area contributed by atoms with Crippen molar-refractivity contribution in [2.75, 3.05) is 80.0 Å². The molecule has 6 rings (SSSR count). The lowest BCUT2D eigenvalue weighted by Gasteiger charge is -2.28. The number of ether oxygens (including phenoxy) is 2. The van der Waals surface area contributed by atoms with Gasteiger partial charge in [0, 0.05) is 67.5 Å². The van der Waals surface area contributed by atoms with Crippen LogP contribution in [0.4, 0.5) is 28.2 Å². The molecule has 2 saturated heterocycles. The van der Waals surface area contributed by atoms with Crippen LogP contribution < -0.4 is 20.9 Å². The van der Waals surface area contributed by atoms with Gasteiger partial charge in [-0.15, -0.1) is 0 Å². The summed E-state index contributed by atoms with van der Waals surface area (Å²) in [7, 11) is 0. The molecule has 0 bridgehead atoms. The molecule has 0 unspecified atom stereocenters. The van der Waals surface area contributed by atoms with Gasteiger partial charge in [0.05, 0.1) is 32.1 Å². The van der Waals surface area contributed by atoms with Gasteiger partial charge in [0.25, 0.3) is 5.91 Å². The van der Waals surface area contributed by atoms with E-state index in [1.54, 1.807) is 46.5 Å². The van der Waals surface area contributed by atoms with Crippen molar-refractivity contribution in [1.29, 1.82) is 0 Å². The van der Waals surface area contributed by atoms with Gasteiger partial charge >= 0.3 is 6.03 Å². The fraction of sp³-hybridized carbons (Fsp3) is 0.385. The van der Waals surface area contributed by atoms with E-state index in [9.17, 15) is 9.59 Å². The highest BCUT2D eigenvalue weighted by Crippen LogP contribution is 2.35. The third kappa shape index (κ3) is 5.18. The number of nitrogens with two attached hydrogens (primary N) is 1. The van der Waals surface area contributed by atoms with Crippen molar-refractivity contribution in [2.24, 2.45) is 0 Å². The van der Waals surface area contributed by atoms with Gasteiger partial charge < -0.3 is 30.3 Å². The molecular weight excluding hydrogens is 502 g/mol. The van der Waals surface area contributed by atoms with Gasteiger partial charge in [-0.3, -0.25) is 9.69 Å². The van der Waals surface area contributed by atoms with Gasteiger partial charge in [0.15, 0.2) is 0 Å². The maximum absolute atomic E-state index is 13.4. The van der Waals surface area contributed by atoms with Crippen molar-refractivity contribution in [3.8, 4) is 11.3 Å². The smallest absolute Gasteiger partial charge is 0.327 e. The summed E-state index contributed by atoms with van der Waals surface area (Å²) in [5.74, 6) is 1.21. The van der Waals surface area contributed by atoms with Gasteiger partial charge in [-0.1, -0.05) is 0 Å². The third-order valence-electron chi connectivity index (χ3n) is 6.98. The van der Waals surface area contributed by atoms with E-state index < -0.39 is 0 Å². The minimum atomic E-state index is -0.313. The quantitative estimate of drug-likeness (QED) is 0.506. The highest BCUT2D eigenvalue weighted by atomic mass is 16.5. The Morgan fingerprint density at radius 3 is 2.23 bits per heavy atom. The number of rotatable bonds is 4. The van der Waals surface area contributed by atoms with E-state index in [-0.39, 0.29) is 17.9 Å². The first kappa shape index (κ1) is 24.9. The largest absolute Gasteiger partial charge is 0.378 e. The molecule has 3 N–H and O–H groups in total. The third-order valence-corrected chi connectivity index (χ3v) is 6.98. The number of urea groups is 1. The van der Waals surface area contributed by atoms with Crippen molar-refractivity contribution in [1.82, 2.24) is 24.8 Å². The van der Waals surface area contributed by atoms with Crippen LogP contribution in [-0.4, -0.2) is 95.9 Å².